The fourth-order valence-electron chi connectivity index (χ4n) is 2.36. The third-order valence-corrected chi connectivity index (χ3v) is 5.94. The third-order valence-electron chi connectivity index (χ3n) is 4.07. The summed E-state index contributed by atoms with van der Waals surface area (Å²) in [4.78, 5) is 24.4. The summed E-state index contributed by atoms with van der Waals surface area (Å²) >= 11 is 5.92. The van der Waals surface area contributed by atoms with Crippen LogP contribution in [0, 0.1) is 11.3 Å². The Kier molecular flexibility index (Phi) is 7.99. The van der Waals surface area contributed by atoms with Crippen molar-refractivity contribution in [3.63, 3.8) is 0 Å². The molecule has 11 heteroatoms. The molecule has 31 heavy (non-hydrogen) atoms. The molecule has 0 fully saturated rings. The Balaban J connectivity index is 1.97. The van der Waals surface area contributed by atoms with Gasteiger partial charge in [-0.1, -0.05) is 11.6 Å². The van der Waals surface area contributed by atoms with E-state index in [1.807, 2.05) is 6.07 Å². The van der Waals surface area contributed by atoms with Crippen LogP contribution in [0.2, 0.25) is 5.02 Å². The Morgan fingerprint density at radius 3 is 2.32 bits per heavy atom. The second-order valence-corrected chi connectivity index (χ2v) is 8.51. The molecular weight excluding hydrogens is 446 g/mol. The largest absolute Gasteiger partial charge is 0.497 e. The first-order chi connectivity index (χ1) is 14.6. The van der Waals surface area contributed by atoms with Crippen LogP contribution >= 0.6 is 11.6 Å². The SMILES string of the molecule is COc1ccc(S(=O)(=O)N[C@@H](C)C(=O)OC(C)C(=O)Nc2ccc(C#N)c(Cl)c2)cc1. The zero-order valence-corrected chi connectivity index (χ0v) is 18.5. The fraction of sp³-hybridized carbons (Fsp3) is 0.250. The smallest absolute Gasteiger partial charge is 0.324 e. The minimum Gasteiger partial charge on any atom is -0.497 e. The van der Waals surface area contributed by atoms with Gasteiger partial charge in [-0.15, -0.1) is 0 Å². The first-order valence-corrected chi connectivity index (χ1v) is 10.8. The Labute approximate surface area is 185 Å². The number of sulfonamides is 1. The van der Waals surface area contributed by atoms with Gasteiger partial charge in [0.05, 0.1) is 22.6 Å². The van der Waals surface area contributed by atoms with Crippen LogP contribution in [0.15, 0.2) is 47.4 Å². The molecule has 164 valence electrons. The normalized spacial score (nSPS) is 12.9. The lowest BCUT2D eigenvalue weighted by Gasteiger charge is -2.18. The molecule has 2 rings (SSSR count). The summed E-state index contributed by atoms with van der Waals surface area (Å²) in [6, 6.07) is 10.6. The van der Waals surface area contributed by atoms with E-state index in [9.17, 15) is 18.0 Å². The minimum absolute atomic E-state index is 0.0589. The van der Waals surface area contributed by atoms with Crippen molar-refractivity contribution in [2.24, 2.45) is 0 Å². The summed E-state index contributed by atoms with van der Waals surface area (Å²) in [5.41, 5.74) is 0.558. The highest BCUT2D eigenvalue weighted by Gasteiger charge is 2.26. The van der Waals surface area contributed by atoms with Gasteiger partial charge >= 0.3 is 5.97 Å². The molecule has 0 bridgehead atoms. The molecule has 0 heterocycles. The number of hydrogen-bond acceptors (Lipinski definition) is 7. The number of amides is 1. The highest BCUT2D eigenvalue weighted by Crippen LogP contribution is 2.20. The quantitative estimate of drug-likeness (QED) is 0.571. The summed E-state index contributed by atoms with van der Waals surface area (Å²) in [6.07, 6.45) is -1.21. The average molecular weight is 466 g/mol. The maximum atomic E-state index is 12.4. The number of carbonyl (C=O) groups excluding carboxylic acids is 2. The van der Waals surface area contributed by atoms with Gasteiger partial charge < -0.3 is 14.8 Å². The summed E-state index contributed by atoms with van der Waals surface area (Å²) in [5, 5.41) is 11.5. The fourth-order valence-corrected chi connectivity index (χ4v) is 3.78. The summed E-state index contributed by atoms with van der Waals surface area (Å²) in [7, 11) is -2.54. The predicted octanol–water partition coefficient (Wildman–Crippen LogP) is 2.46. The molecule has 2 atom stereocenters. The van der Waals surface area contributed by atoms with Crippen LogP contribution in [0.4, 0.5) is 5.69 Å². The Morgan fingerprint density at radius 1 is 1.13 bits per heavy atom. The van der Waals surface area contributed by atoms with Crippen LogP contribution in [-0.4, -0.2) is 39.5 Å². The first kappa shape index (κ1) is 24.1. The number of nitriles is 1. The highest BCUT2D eigenvalue weighted by molar-refractivity contribution is 7.89. The summed E-state index contributed by atoms with van der Waals surface area (Å²) < 4.78 is 37.1. The topological polar surface area (TPSA) is 135 Å². The van der Waals surface area contributed by atoms with E-state index in [1.54, 1.807) is 0 Å². The minimum atomic E-state index is -3.99. The van der Waals surface area contributed by atoms with Crippen molar-refractivity contribution in [3.8, 4) is 11.8 Å². The van der Waals surface area contributed by atoms with Gasteiger partial charge in [-0.25, -0.2) is 8.42 Å². The number of methoxy groups -OCH3 is 1. The number of ether oxygens (including phenoxy) is 2. The average Bonchev–Trinajstić information content (AvgIpc) is 2.73. The van der Waals surface area contributed by atoms with Crippen LogP contribution in [-0.2, 0) is 24.3 Å². The molecule has 0 saturated carbocycles. The number of nitrogens with one attached hydrogen (secondary N) is 2. The van der Waals surface area contributed by atoms with E-state index in [1.165, 1.54) is 63.4 Å². The lowest BCUT2D eigenvalue weighted by atomic mass is 10.2. The Hall–Kier alpha value is -3.13. The number of halogens is 1. The van der Waals surface area contributed by atoms with E-state index < -0.39 is 34.0 Å². The van der Waals surface area contributed by atoms with Crippen molar-refractivity contribution in [3.05, 3.63) is 53.1 Å². The molecule has 0 aliphatic heterocycles. The van der Waals surface area contributed by atoms with E-state index >= 15 is 0 Å². The second kappa shape index (κ2) is 10.3. The molecule has 2 aromatic rings. The van der Waals surface area contributed by atoms with Crippen molar-refractivity contribution in [1.82, 2.24) is 4.72 Å². The standard InChI is InChI=1S/C20H20ClN3O6S/c1-12(24-31(27,28)17-8-6-16(29-3)7-9-17)20(26)30-13(2)19(25)23-15-5-4-14(11-22)18(21)10-15/h4-10,12-13,24H,1-3H3,(H,23,25)/t12-,13?/m0/s1. The van der Waals surface area contributed by atoms with E-state index in [-0.39, 0.29) is 15.5 Å². The highest BCUT2D eigenvalue weighted by atomic mass is 35.5. The van der Waals surface area contributed by atoms with Gasteiger partial charge in [0.1, 0.15) is 17.9 Å². The zero-order valence-electron chi connectivity index (χ0n) is 16.9. The maximum Gasteiger partial charge on any atom is 0.324 e. The van der Waals surface area contributed by atoms with Crippen LogP contribution < -0.4 is 14.8 Å². The molecule has 0 saturated heterocycles. The molecule has 0 aliphatic carbocycles. The molecule has 0 spiro atoms. The van der Waals surface area contributed by atoms with Crippen LogP contribution in [0.3, 0.4) is 0 Å². The zero-order chi connectivity index (χ0) is 23.2. The van der Waals surface area contributed by atoms with Crippen LogP contribution in [0.1, 0.15) is 19.4 Å². The molecule has 0 aliphatic rings. The number of rotatable bonds is 8. The van der Waals surface area contributed by atoms with Crippen molar-refractivity contribution in [2.75, 3.05) is 12.4 Å². The monoisotopic (exact) mass is 465 g/mol. The van der Waals surface area contributed by atoms with Crippen molar-refractivity contribution >= 4 is 39.2 Å². The van der Waals surface area contributed by atoms with E-state index in [0.717, 1.165) is 0 Å². The molecule has 1 amide bonds. The van der Waals surface area contributed by atoms with E-state index in [2.05, 4.69) is 10.0 Å². The van der Waals surface area contributed by atoms with Gasteiger partial charge in [0.2, 0.25) is 10.0 Å². The number of carbonyl (C=O) groups is 2. The predicted molar refractivity (Wildman–Crippen MR) is 113 cm³/mol. The number of anilines is 1. The summed E-state index contributed by atoms with van der Waals surface area (Å²) in [5.74, 6) is -1.10. The van der Waals surface area contributed by atoms with Gasteiger partial charge in [0.25, 0.3) is 5.91 Å². The Bertz CT molecular complexity index is 1110. The van der Waals surface area contributed by atoms with Crippen molar-refractivity contribution < 1.29 is 27.5 Å². The van der Waals surface area contributed by atoms with Gasteiger partial charge in [0.15, 0.2) is 6.10 Å². The van der Waals surface area contributed by atoms with Crippen molar-refractivity contribution in [2.45, 2.75) is 30.9 Å². The van der Waals surface area contributed by atoms with Gasteiger partial charge in [-0.05, 0) is 56.3 Å². The molecule has 2 N–H and O–H groups in total. The number of benzene rings is 2. The van der Waals surface area contributed by atoms with E-state index in [0.29, 0.717) is 11.4 Å². The molecular formula is C20H20ClN3O6S. The third kappa shape index (κ3) is 6.42. The molecule has 9 nitrogen and oxygen atoms in total. The number of nitrogens with zero attached hydrogens (tertiary/aromatic N) is 1. The number of hydrogen-bond donors (Lipinski definition) is 2. The lowest BCUT2D eigenvalue weighted by Crippen LogP contribution is -2.42. The van der Waals surface area contributed by atoms with Crippen molar-refractivity contribution in [1.29, 1.82) is 5.26 Å². The molecule has 1 unspecified atom stereocenters. The van der Waals surface area contributed by atoms with Gasteiger partial charge in [0, 0.05) is 5.69 Å². The van der Waals surface area contributed by atoms with Crippen LogP contribution in [0.5, 0.6) is 5.75 Å². The lowest BCUT2D eigenvalue weighted by molar-refractivity contribution is -0.154. The maximum absolute atomic E-state index is 12.4. The number of esters is 1. The van der Waals surface area contributed by atoms with E-state index in [4.69, 9.17) is 26.3 Å². The molecule has 0 aromatic heterocycles. The van der Waals surface area contributed by atoms with Gasteiger partial charge in [-0.3, -0.25) is 9.59 Å². The molecule has 0 radical (unpaired) electrons. The summed E-state index contributed by atoms with van der Waals surface area (Å²) in [6.45, 7) is 2.64. The first-order valence-electron chi connectivity index (χ1n) is 8.94. The van der Waals surface area contributed by atoms with Crippen LogP contribution in [0.25, 0.3) is 0 Å². The Morgan fingerprint density at radius 2 is 1.77 bits per heavy atom. The van der Waals surface area contributed by atoms with Gasteiger partial charge in [-0.2, -0.15) is 9.98 Å². The molecule has 2 aromatic carbocycles. The second-order valence-electron chi connectivity index (χ2n) is 6.39.